The molecule has 0 heterocycles. The van der Waals surface area contributed by atoms with E-state index in [9.17, 15) is 4.79 Å². The third kappa shape index (κ3) is 3.65. The lowest BCUT2D eigenvalue weighted by atomic mass is 10.2. The predicted octanol–water partition coefficient (Wildman–Crippen LogP) is 2.68. The number of hydrogen-bond acceptors (Lipinski definition) is 2. The van der Waals surface area contributed by atoms with E-state index >= 15 is 0 Å². The van der Waals surface area contributed by atoms with E-state index in [0.29, 0.717) is 5.70 Å². The van der Waals surface area contributed by atoms with Crippen LogP contribution in [0.5, 0.6) is 0 Å². The summed E-state index contributed by atoms with van der Waals surface area (Å²) in [6, 6.07) is 0. The molecule has 0 aromatic carbocycles. The van der Waals surface area contributed by atoms with Gasteiger partial charge in [-0.25, -0.2) is 4.99 Å². The van der Waals surface area contributed by atoms with E-state index in [-0.39, 0.29) is 5.78 Å². The molecule has 0 fully saturated rings. The fourth-order valence-corrected chi connectivity index (χ4v) is 0.732. The lowest BCUT2D eigenvalue weighted by Gasteiger charge is -2.00. The fraction of sp³-hybridized carbons (Fsp3) is 0.273. The highest BCUT2D eigenvalue weighted by atomic mass is 16.1. The van der Waals surface area contributed by atoms with E-state index < -0.39 is 0 Å². The van der Waals surface area contributed by atoms with Crippen molar-refractivity contribution in [2.75, 3.05) is 0 Å². The second-order valence-electron chi connectivity index (χ2n) is 2.87. The minimum absolute atomic E-state index is 0.152. The first-order valence-electron chi connectivity index (χ1n) is 4.05. The normalized spacial score (nSPS) is 10.5. The SMILES string of the molecule is C=CC(=O)C(N=C(C)C=C)=C(C)C. The van der Waals surface area contributed by atoms with Crippen LogP contribution in [0.4, 0.5) is 0 Å². The maximum atomic E-state index is 11.3. The average Bonchev–Trinajstić information content (AvgIpc) is 2.11. The largest absolute Gasteiger partial charge is 0.288 e. The minimum Gasteiger partial charge on any atom is -0.288 e. The summed E-state index contributed by atoms with van der Waals surface area (Å²) in [6.45, 7) is 12.5. The van der Waals surface area contributed by atoms with Gasteiger partial charge < -0.3 is 0 Å². The first-order valence-corrected chi connectivity index (χ1v) is 4.05. The van der Waals surface area contributed by atoms with Crippen LogP contribution in [-0.2, 0) is 4.79 Å². The van der Waals surface area contributed by atoms with Gasteiger partial charge in [0.25, 0.3) is 0 Å². The van der Waals surface area contributed by atoms with E-state index in [1.54, 1.807) is 13.0 Å². The van der Waals surface area contributed by atoms with Gasteiger partial charge in [-0.2, -0.15) is 0 Å². The van der Waals surface area contributed by atoms with Gasteiger partial charge in [0, 0.05) is 5.71 Å². The van der Waals surface area contributed by atoms with E-state index in [4.69, 9.17) is 0 Å². The van der Waals surface area contributed by atoms with Crippen molar-refractivity contribution >= 4 is 11.5 Å². The number of hydrogen-bond donors (Lipinski definition) is 0. The van der Waals surface area contributed by atoms with Crippen molar-refractivity contribution < 1.29 is 4.79 Å². The summed E-state index contributed by atoms with van der Waals surface area (Å²) in [5.74, 6) is -0.152. The lowest BCUT2D eigenvalue weighted by Crippen LogP contribution is -2.00. The highest BCUT2D eigenvalue weighted by Gasteiger charge is 2.05. The molecule has 0 saturated carbocycles. The number of nitrogens with zero attached hydrogens (tertiary/aromatic N) is 1. The van der Waals surface area contributed by atoms with Crippen molar-refractivity contribution in [3.8, 4) is 0 Å². The Morgan fingerprint density at radius 1 is 1.15 bits per heavy atom. The number of allylic oxidation sites excluding steroid dienone is 3. The van der Waals surface area contributed by atoms with Crippen LogP contribution in [0, 0.1) is 0 Å². The molecule has 0 amide bonds. The predicted molar refractivity (Wildman–Crippen MR) is 56.9 cm³/mol. The molecule has 0 aliphatic carbocycles. The van der Waals surface area contributed by atoms with Gasteiger partial charge in [0.2, 0.25) is 5.78 Å². The molecule has 70 valence electrons. The molecule has 2 nitrogen and oxygen atoms in total. The van der Waals surface area contributed by atoms with Gasteiger partial charge in [-0.05, 0) is 38.5 Å². The Balaban J connectivity index is 5.09. The molecule has 0 aromatic rings. The third-order valence-corrected chi connectivity index (χ3v) is 1.48. The Hall–Kier alpha value is -1.44. The van der Waals surface area contributed by atoms with Crippen molar-refractivity contribution in [3.63, 3.8) is 0 Å². The molecule has 0 saturated heterocycles. The van der Waals surface area contributed by atoms with Crippen LogP contribution in [0.2, 0.25) is 0 Å². The summed E-state index contributed by atoms with van der Waals surface area (Å²) in [7, 11) is 0. The summed E-state index contributed by atoms with van der Waals surface area (Å²) in [5, 5.41) is 0. The molecule has 0 aliphatic rings. The average molecular weight is 177 g/mol. The van der Waals surface area contributed by atoms with Crippen LogP contribution in [0.15, 0.2) is 41.6 Å². The second kappa shape index (κ2) is 5.25. The maximum Gasteiger partial charge on any atom is 0.203 e. The summed E-state index contributed by atoms with van der Waals surface area (Å²) >= 11 is 0. The molecule has 0 spiro atoms. The Kier molecular flexibility index (Phi) is 4.67. The zero-order chi connectivity index (χ0) is 10.4. The molecule has 2 heteroatoms. The van der Waals surface area contributed by atoms with Crippen molar-refractivity contribution in [2.24, 2.45) is 4.99 Å². The molecular weight excluding hydrogens is 162 g/mol. The van der Waals surface area contributed by atoms with Crippen LogP contribution >= 0.6 is 0 Å². The van der Waals surface area contributed by atoms with Crippen LogP contribution < -0.4 is 0 Å². The Labute approximate surface area is 79.4 Å². The summed E-state index contributed by atoms with van der Waals surface area (Å²) in [6.07, 6.45) is 2.88. The Bertz CT molecular complexity index is 291. The van der Waals surface area contributed by atoms with Crippen molar-refractivity contribution in [1.29, 1.82) is 0 Å². The number of rotatable bonds is 4. The van der Waals surface area contributed by atoms with E-state index in [0.717, 1.165) is 11.3 Å². The van der Waals surface area contributed by atoms with Crippen LogP contribution in [0.1, 0.15) is 20.8 Å². The summed E-state index contributed by atoms with van der Waals surface area (Å²) < 4.78 is 0. The smallest absolute Gasteiger partial charge is 0.203 e. The number of aliphatic imine (C=N–C) groups is 1. The monoisotopic (exact) mass is 177 g/mol. The van der Waals surface area contributed by atoms with Gasteiger partial charge in [0.1, 0.15) is 5.70 Å². The van der Waals surface area contributed by atoms with Gasteiger partial charge in [0.05, 0.1) is 0 Å². The summed E-state index contributed by atoms with van der Waals surface area (Å²) in [4.78, 5) is 15.4. The van der Waals surface area contributed by atoms with Crippen molar-refractivity contribution in [1.82, 2.24) is 0 Å². The Morgan fingerprint density at radius 3 is 2.00 bits per heavy atom. The van der Waals surface area contributed by atoms with Crippen molar-refractivity contribution in [2.45, 2.75) is 20.8 Å². The van der Waals surface area contributed by atoms with E-state index in [1.165, 1.54) is 6.08 Å². The van der Waals surface area contributed by atoms with Crippen LogP contribution in [0.3, 0.4) is 0 Å². The molecular formula is C11H15NO. The molecule has 0 atom stereocenters. The highest BCUT2D eigenvalue weighted by Crippen LogP contribution is 2.07. The molecule has 0 N–H and O–H groups in total. The topological polar surface area (TPSA) is 29.4 Å². The van der Waals surface area contributed by atoms with Crippen LogP contribution in [-0.4, -0.2) is 11.5 Å². The molecule has 13 heavy (non-hydrogen) atoms. The molecule has 0 rings (SSSR count). The van der Waals surface area contributed by atoms with E-state index in [2.05, 4.69) is 18.2 Å². The number of ketones is 1. The standard InChI is InChI=1S/C11H15NO/c1-6-9(5)12-11(8(3)4)10(13)7-2/h6-7H,1-2H2,3-5H3. The van der Waals surface area contributed by atoms with Gasteiger partial charge in [-0.15, -0.1) is 0 Å². The van der Waals surface area contributed by atoms with Gasteiger partial charge in [-0.3, -0.25) is 4.79 Å². The maximum absolute atomic E-state index is 11.3. The van der Waals surface area contributed by atoms with Crippen molar-refractivity contribution in [3.05, 3.63) is 36.6 Å². The number of carbonyl (C=O) groups excluding carboxylic acids is 1. The van der Waals surface area contributed by atoms with Crippen LogP contribution in [0.25, 0.3) is 0 Å². The Morgan fingerprint density at radius 2 is 1.69 bits per heavy atom. The highest BCUT2D eigenvalue weighted by molar-refractivity contribution is 6.06. The van der Waals surface area contributed by atoms with Gasteiger partial charge in [-0.1, -0.05) is 13.2 Å². The zero-order valence-electron chi connectivity index (χ0n) is 8.42. The lowest BCUT2D eigenvalue weighted by molar-refractivity contribution is -0.111. The first-order chi connectivity index (χ1) is 6.02. The molecule has 0 unspecified atom stereocenters. The first kappa shape index (κ1) is 11.6. The quantitative estimate of drug-likeness (QED) is 0.479. The summed E-state index contributed by atoms with van der Waals surface area (Å²) in [5.41, 5.74) is 2.06. The fourth-order valence-electron chi connectivity index (χ4n) is 0.732. The minimum atomic E-state index is -0.152. The second-order valence-corrected chi connectivity index (χ2v) is 2.87. The van der Waals surface area contributed by atoms with Gasteiger partial charge in [0.15, 0.2) is 0 Å². The number of carbonyl (C=O) groups is 1. The molecule has 0 aromatic heterocycles. The molecule has 0 aliphatic heterocycles. The van der Waals surface area contributed by atoms with E-state index in [1.807, 2.05) is 13.8 Å². The zero-order valence-corrected chi connectivity index (χ0v) is 8.42. The third-order valence-electron chi connectivity index (χ3n) is 1.48. The molecule has 0 radical (unpaired) electrons. The molecule has 0 bridgehead atoms. The van der Waals surface area contributed by atoms with Gasteiger partial charge >= 0.3 is 0 Å².